The number of fused-ring (bicyclic) bond motifs is 1. The second kappa shape index (κ2) is 10.4. The molecule has 180 valence electrons. The molecule has 2 aromatic rings. The normalized spacial score (nSPS) is 22.4. The number of anilines is 2. The molecule has 7 heteroatoms. The van der Waals surface area contributed by atoms with Crippen LogP contribution in [0.1, 0.15) is 66.6 Å². The number of carbonyl (C=O) groups is 3. The van der Waals surface area contributed by atoms with Crippen LogP contribution in [0.4, 0.5) is 11.4 Å². The highest BCUT2D eigenvalue weighted by atomic mass is 16.2. The van der Waals surface area contributed by atoms with Crippen LogP contribution in [0.15, 0.2) is 42.5 Å². The summed E-state index contributed by atoms with van der Waals surface area (Å²) in [4.78, 5) is 40.0. The van der Waals surface area contributed by atoms with Gasteiger partial charge in [0.05, 0.1) is 23.8 Å². The average Bonchev–Trinajstić information content (AvgIpc) is 2.98. The molecule has 2 aliphatic rings. The van der Waals surface area contributed by atoms with Crippen LogP contribution in [0.3, 0.4) is 0 Å². The molecule has 3 atom stereocenters. The molecular formula is C27H34N4O3. The van der Waals surface area contributed by atoms with Gasteiger partial charge in [0.1, 0.15) is 0 Å². The third-order valence-electron chi connectivity index (χ3n) is 7.06. The van der Waals surface area contributed by atoms with E-state index in [1.807, 2.05) is 31.2 Å². The quantitative estimate of drug-likeness (QED) is 0.626. The Bertz CT molecular complexity index is 1070. The molecule has 0 aromatic heterocycles. The first-order valence-electron chi connectivity index (χ1n) is 12.1. The van der Waals surface area contributed by atoms with E-state index in [-0.39, 0.29) is 24.1 Å². The number of rotatable bonds is 5. The van der Waals surface area contributed by atoms with E-state index in [1.165, 1.54) is 13.3 Å². The van der Waals surface area contributed by atoms with E-state index in [0.717, 1.165) is 30.4 Å². The van der Waals surface area contributed by atoms with Crippen LogP contribution in [-0.4, -0.2) is 30.8 Å². The summed E-state index contributed by atoms with van der Waals surface area (Å²) in [5, 5.41) is 5.95. The molecule has 1 heterocycles. The lowest BCUT2D eigenvalue weighted by Gasteiger charge is -2.30. The summed E-state index contributed by atoms with van der Waals surface area (Å²) < 4.78 is 0. The summed E-state index contributed by atoms with van der Waals surface area (Å²) >= 11 is 0. The lowest BCUT2D eigenvalue weighted by Crippen LogP contribution is -2.34. The highest BCUT2D eigenvalue weighted by Crippen LogP contribution is 2.38. The summed E-state index contributed by atoms with van der Waals surface area (Å²) in [5.41, 5.74) is 9.38. The van der Waals surface area contributed by atoms with Crippen LogP contribution in [0, 0.1) is 18.8 Å². The van der Waals surface area contributed by atoms with Crippen LogP contribution in [-0.2, 0) is 9.59 Å². The average molecular weight is 463 g/mol. The summed E-state index contributed by atoms with van der Waals surface area (Å²) in [6.45, 7) is 4.82. The fourth-order valence-corrected chi connectivity index (χ4v) is 5.21. The Morgan fingerprint density at radius 1 is 1.12 bits per heavy atom. The predicted molar refractivity (Wildman–Crippen MR) is 134 cm³/mol. The maximum Gasteiger partial charge on any atom is 0.251 e. The van der Waals surface area contributed by atoms with E-state index in [4.69, 9.17) is 5.73 Å². The fraction of sp³-hybridized carbons (Fsp3) is 0.444. The first kappa shape index (κ1) is 24.0. The number of nitrogens with two attached hydrogens (primary N) is 1. The van der Waals surface area contributed by atoms with Crippen molar-refractivity contribution >= 4 is 29.1 Å². The maximum absolute atomic E-state index is 12.9. The molecular weight excluding hydrogens is 428 g/mol. The number of aryl methyl sites for hydroxylation is 1. The molecule has 0 radical (unpaired) electrons. The van der Waals surface area contributed by atoms with Gasteiger partial charge in [-0.1, -0.05) is 36.2 Å². The number of amides is 3. The van der Waals surface area contributed by atoms with Crippen molar-refractivity contribution in [2.45, 2.75) is 52.0 Å². The number of benzene rings is 2. The van der Waals surface area contributed by atoms with Crippen molar-refractivity contribution in [1.29, 1.82) is 0 Å². The van der Waals surface area contributed by atoms with Gasteiger partial charge in [0, 0.05) is 19.0 Å². The number of hydrogen-bond acceptors (Lipinski definition) is 4. The summed E-state index contributed by atoms with van der Waals surface area (Å²) in [6, 6.07) is 12.6. The second-order valence-electron chi connectivity index (χ2n) is 9.64. The van der Waals surface area contributed by atoms with Gasteiger partial charge in [-0.05, 0) is 68.3 Å². The zero-order valence-corrected chi connectivity index (χ0v) is 20.0. The number of hydrogen-bond donors (Lipinski definition) is 3. The van der Waals surface area contributed by atoms with Gasteiger partial charge in [-0.3, -0.25) is 14.4 Å². The van der Waals surface area contributed by atoms with Gasteiger partial charge in [0.2, 0.25) is 11.8 Å². The van der Waals surface area contributed by atoms with Gasteiger partial charge in [0.15, 0.2) is 0 Å². The zero-order chi connectivity index (χ0) is 24.2. The monoisotopic (exact) mass is 462 g/mol. The molecule has 34 heavy (non-hydrogen) atoms. The molecule has 7 nitrogen and oxygen atoms in total. The van der Waals surface area contributed by atoms with Crippen LogP contribution in [0.5, 0.6) is 0 Å². The molecule has 4 rings (SSSR count). The molecule has 0 bridgehead atoms. The molecule has 3 amide bonds. The van der Waals surface area contributed by atoms with Gasteiger partial charge in [-0.15, -0.1) is 0 Å². The van der Waals surface area contributed by atoms with E-state index >= 15 is 0 Å². The highest BCUT2D eigenvalue weighted by Gasteiger charge is 2.32. The maximum atomic E-state index is 12.9. The van der Waals surface area contributed by atoms with Crippen molar-refractivity contribution in [3.63, 3.8) is 0 Å². The Morgan fingerprint density at radius 3 is 2.56 bits per heavy atom. The van der Waals surface area contributed by atoms with E-state index in [0.29, 0.717) is 41.9 Å². The van der Waals surface area contributed by atoms with Crippen molar-refractivity contribution in [3.8, 4) is 0 Å². The number of nitrogens with one attached hydrogen (secondary N) is 2. The minimum absolute atomic E-state index is 0.142. The first-order chi connectivity index (χ1) is 16.4. The molecule has 1 aliphatic carbocycles. The van der Waals surface area contributed by atoms with Gasteiger partial charge in [-0.2, -0.15) is 0 Å². The van der Waals surface area contributed by atoms with E-state index in [1.54, 1.807) is 23.1 Å². The van der Waals surface area contributed by atoms with Crippen LogP contribution < -0.4 is 21.3 Å². The van der Waals surface area contributed by atoms with Gasteiger partial charge in [-0.25, -0.2) is 0 Å². The molecule has 0 spiro atoms. The Kier molecular flexibility index (Phi) is 7.32. The molecule has 0 saturated heterocycles. The molecule has 2 aromatic carbocycles. The third-order valence-corrected chi connectivity index (χ3v) is 7.06. The molecule has 1 fully saturated rings. The standard InChI is InChI=1S/C27H34N4O3/c1-17-6-8-21(9-7-17)25-14-26(33)30-23-13-22(10-11-24(23)31(25)18(2)32)27(34)29-16-20-5-3-4-19(12-20)15-28/h6-11,13,19-20,25H,3-5,12,14-16,28H2,1-2H3,(H,29,34)(H,30,33). The molecule has 1 saturated carbocycles. The lowest BCUT2D eigenvalue weighted by molar-refractivity contribution is -0.118. The van der Waals surface area contributed by atoms with E-state index in [2.05, 4.69) is 10.6 Å². The number of carbonyl (C=O) groups excluding carboxylic acids is 3. The molecule has 1 aliphatic heterocycles. The minimum Gasteiger partial charge on any atom is -0.352 e. The minimum atomic E-state index is -0.416. The number of nitrogens with zero attached hydrogens (tertiary/aromatic N) is 1. The molecule has 3 unspecified atom stereocenters. The predicted octanol–water partition coefficient (Wildman–Crippen LogP) is 3.93. The smallest absolute Gasteiger partial charge is 0.251 e. The summed E-state index contributed by atoms with van der Waals surface area (Å²) in [7, 11) is 0. The Balaban J connectivity index is 1.55. The Hall–Kier alpha value is -3.19. The van der Waals surface area contributed by atoms with Crippen LogP contribution in [0.25, 0.3) is 0 Å². The largest absolute Gasteiger partial charge is 0.352 e. The second-order valence-corrected chi connectivity index (χ2v) is 9.64. The fourth-order valence-electron chi connectivity index (χ4n) is 5.21. The Morgan fingerprint density at radius 2 is 1.85 bits per heavy atom. The lowest BCUT2D eigenvalue weighted by atomic mass is 9.81. The third kappa shape index (κ3) is 5.30. The first-order valence-corrected chi connectivity index (χ1v) is 12.1. The summed E-state index contributed by atoms with van der Waals surface area (Å²) in [5.74, 6) is 0.448. The van der Waals surface area contributed by atoms with Crippen molar-refractivity contribution in [1.82, 2.24) is 5.32 Å². The van der Waals surface area contributed by atoms with E-state index < -0.39 is 6.04 Å². The van der Waals surface area contributed by atoms with Gasteiger partial charge < -0.3 is 21.3 Å². The van der Waals surface area contributed by atoms with Gasteiger partial charge in [0.25, 0.3) is 5.91 Å². The van der Waals surface area contributed by atoms with Crippen LogP contribution in [0.2, 0.25) is 0 Å². The van der Waals surface area contributed by atoms with Gasteiger partial charge >= 0.3 is 0 Å². The molecule has 4 N–H and O–H groups in total. The van der Waals surface area contributed by atoms with Crippen molar-refractivity contribution < 1.29 is 14.4 Å². The zero-order valence-electron chi connectivity index (χ0n) is 20.0. The summed E-state index contributed by atoms with van der Waals surface area (Å²) in [6.07, 6.45) is 4.61. The van der Waals surface area contributed by atoms with Crippen LogP contribution >= 0.6 is 0 Å². The van der Waals surface area contributed by atoms with Crippen molar-refractivity contribution in [2.75, 3.05) is 23.3 Å². The van der Waals surface area contributed by atoms with Crippen molar-refractivity contribution in [2.24, 2.45) is 17.6 Å². The Labute approximate surface area is 201 Å². The topological polar surface area (TPSA) is 105 Å². The SMILES string of the molecule is CC(=O)N1c2ccc(C(=O)NCC3CCCC(CN)C3)cc2NC(=O)CC1c1ccc(C)cc1. The highest BCUT2D eigenvalue weighted by molar-refractivity contribution is 6.06. The van der Waals surface area contributed by atoms with E-state index in [9.17, 15) is 14.4 Å². The van der Waals surface area contributed by atoms with Crippen molar-refractivity contribution in [3.05, 3.63) is 59.2 Å².